The molecule has 0 fully saturated rings. The Kier molecular flexibility index (Phi) is 5.71. The summed E-state index contributed by atoms with van der Waals surface area (Å²) in [6.45, 7) is 5.24. The van der Waals surface area contributed by atoms with E-state index in [4.69, 9.17) is 5.73 Å². The van der Waals surface area contributed by atoms with Gasteiger partial charge in [0, 0.05) is 12.1 Å². The molecule has 0 spiro atoms. The molecule has 0 aromatic heterocycles. The highest BCUT2D eigenvalue weighted by molar-refractivity contribution is 7.92. The number of anilines is 2. The van der Waals surface area contributed by atoms with Crippen LogP contribution in [0.15, 0.2) is 18.2 Å². The van der Waals surface area contributed by atoms with Gasteiger partial charge in [0.2, 0.25) is 5.91 Å². The van der Waals surface area contributed by atoms with Crippen LogP contribution in [0.2, 0.25) is 0 Å². The number of benzene rings is 1. The van der Waals surface area contributed by atoms with Crippen LogP contribution in [-0.2, 0) is 14.6 Å². The van der Waals surface area contributed by atoms with Gasteiger partial charge in [0.05, 0.1) is 16.7 Å². The predicted octanol–water partition coefficient (Wildman–Crippen LogP) is 2.20. The molecule has 0 heterocycles. The molecule has 0 saturated carbocycles. The number of nitrogen functional groups attached to an aromatic ring is 1. The third-order valence-electron chi connectivity index (χ3n) is 3.38. The third kappa shape index (κ3) is 5.00. The van der Waals surface area contributed by atoms with Crippen LogP contribution in [0.4, 0.5) is 15.8 Å². The van der Waals surface area contributed by atoms with Gasteiger partial charge in [-0.2, -0.15) is 0 Å². The van der Waals surface area contributed by atoms with E-state index >= 15 is 0 Å². The highest BCUT2D eigenvalue weighted by Crippen LogP contribution is 2.18. The summed E-state index contributed by atoms with van der Waals surface area (Å²) in [6, 6.07) is 3.81. The number of hydrogen-bond acceptors (Lipinski definition) is 4. The molecule has 1 unspecified atom stereocenters. The first kappa shape index (κ1) is 17.4. The topological polar surface area (TPSA) is 89.3 Å². The van der Waals surface area contributed by atoms with E-state index < -0.39 is 26.8 Å². The number of nitrogens with two attached hydrogens (primary N) is 1. The Labute approximate surface area is 124 Å². The highest BCUT2D eigenvalue weighted by atomic mass is 32.2. The molecule has 1 aromatic rings. The van der Waals surface area contributed by atoms with Crippen LogP contribution < -0.4 is 11.1 Å². The minimum atomic E-state index is -3.34. The van der Waals surface area contributed by atoms with E-state index in [0.29, 0.717) is 5.69 Å². The van der Waals surface area contributed by atoms with Crippen LogP contribution in [0, 0.1) is 11.7 Å². The lowest BCUT2D eigenvalue weighted by atomic mass is 10.2. The summed E-state index contributed by atoms with van der Waals surface area (Å²) in [7, 11) is -3.34. The van der Waals surface area contributed by atoms with Crippen LogP contribution in [0.3, 0.4) is 0 Å². The minimum Gasteiger partial charge on any atom is -0.399 e. The van der Waals surface area contributed by atoms with E-state index in [1.54, 1.807) is 6.92 Å². The fraction of sp³-hybridized carbons (Fsp3) is 0.500. The molecular weight excluding hydrogens is 295 g/mol. The van der Waals surface area contributed by atoms with Gasteiger partial charge in [0.25, 0.3) is 0 Å². The zero-order chi connectivity index (χ0) is 16.2. The molecule has 5 nitrogen and oxygen atoms in total. The van der Waals surface area contributed by atoms with Gasteiger partial charge in [-0.3, -0.25) is 4.79 Å². The van der Waals surface area contributed by atoms with Crippen LogP contribution in [0.5, 0.6) is 0 Å². The number of carbonyl (C=O) groups is 1. The molecule has 0 aliphatic heterocycles. The van der Waals surface area contributed by atoms with E-state index in [9.17, 15) is 17.6 Å². The summed E-state index contributed by atoms with van der Waals surface area (Å²) in [5.41, 5.74) is 5.77. The second-order valence-electron chi connectivity index (χ2n) is 5.35. The summed E-state index contributed by atoms with van der Waals surface area (Å²) in [5, 5.41) is 1.81. The number of sulfone groups is 1. The second kappa shape index (κ2) is 6.89. The number of nitrogens with one attached hydrogen (secondary N) is 1. The molecule has 21 heavy (non-hydrogen) atoms. The van der Waals surface area contributed by atoms with Crippen molar-refractivity contribution in [1.29, 1.82) is 0 Å². The number of hydrogen-bond donors (Lipinski definition) is 2. The van der Waals surface area contributed by atoms with E-state index in [-0.39, 0.29) is 23.8 Å². The van der Waals surface area contributed by atoms with E-state index in [2.05, 4.69) is 5.32 Å². The first-order chi connectivity index (χ1) is 9.63. The van der Waals surface area contributed by atoms with Crippen LogP contribution in [0.1, 0.15) is 27.2 Å². The molecular formula is C14H21FN2O3S. The number of carbonyl (C=O) groups excluding carboxylic acids is 1. The third-order valence-corrected chi connectivity index (χ3v) is 5.83. The molecule has 3 N–H and O–H groups in total. The van der Waals surface area contributed by atoms with Crippen LogP contribution in [-0.4, -0.2) is 25.3 Å². The molecule has 0 aliphatic rings. The molecule has 1 rings (SSSR count). The molecule has 118 valence electrons. The molecule has 7 heteroatoms. The van der Waals surface area contributed by atoms with Crippen molar-refractivity contribution in [3.8, 4) is 0 Å². The van der Waals surface area contributed by atoms with Gasteiger partial charge in [0.1, 0.15) is 5.82 Å². The average molecular weight is 316 g/mol. The smallest absolute Gasteiger partial charge is 0.225 e. The van der Waals surface area contributed by atoms with Gasteiger partial charge in [-0.25, -0.2) is 12.8 Å². The fourth-order valence-corrected chi connectivity index (χ4v) is 3.36. The van der Waals surface area contributed by atoms with Gasteiger partial charge in [0.15, 0.2) is 9.84 Å². The Hall–Kier alpha value is -1.63. The Bertz CT molecular complexity index is 615. The van der Waals surface area contributed by atoms with Crippen molar-refractivity contribution in [2.24, 2.45) is 5.92 Å². The lowest BCUT2D eigenvalue weighted by Crippen LogP contribution is -2.28. The Balaban J connectivity index is 2.65. The SMILES string of the molecule is CC(C)C(C)S(=O)(=O)CCC(=O)Nc1cc(N)ccc1F. The van der Waals surface area contributed by atoms with Crippen molar-refractivity contribution < 1.29 is 17.6 Å². The van der Waals surface area contributed by atoms with Crippen molar-refractivity contribution in [2.75, 3.05) is 16.8 Å². The summed E-state index contributed by atoms with van der Waals surface area (Å²) in [4.78, 5) is 11.7. The molecule has 1 aromatic carbocycles. The normalized spacial score (nSPS) is 13.2. The van der Waals surface area contributed by atoms with Gasteiger partial charge >= 0.3 is 0 Å². The minimum absolute atomic E-state index is 0.0237. The predicted molar refractivity (Wildman–Crippen MR) is 82.1 cm³/mol. The molecule has 1 atom stereocenters. The Morgan fingerprint density at radius 2 is 1.95 bits per heavy atom. The lowest BCUT2D eigenvalue weighted by Gasteiger charge is -2.16. The number of amides is 1. The quantitative estimate of drug-likeness (QED) is 0.787. The van der Waals surface area contributed by atoms with Crippen LogP contribution >= 0.6 is 0 Å². The van der Waals surface area contributed by atoms with E-state index in [0.717, 1.165) is 6.07 Å². The molecule has 0 aliphatic carbocycles. The lowest BCUT2D eigenvalue weighted by molar-refractivity contribution is -0.115. The zero-order valence-electron chi connectivity index (χ0n) is 12.4. The van der Waals surface area contributed by atoms with Crippen molar-refractivity contribution in [1.82, 2.24) is 0 Å². The molecule has 0 bridgehead atoms. The molecule has 0 saturated heterocycles. The van der Waals surface area contributed by atoms with Crippen molar-refractivity contribution in [3.05, 3.63) is 24.0 Å². The molecule has 0 radical (unpaired) electrons. The van der Waals surface area contributed by atoms with Gasteiger partial charge in [-0.1, -0.05) is 13.8 Å². The number of rotatable bonds is 6. The van der Waals surface area contributed by atoms with Gasteiger partial charge in [-0.15, -0.1) is 0 Å². The highest BCUT2D eigenvalue weighted by Gasteiger charge is 2.24. The Morgan fingerprint density at radius 3 is 2.52 bits per heavy atom. The monoisotopic (exact) mass is 316 g/mol. The summed E-state index contributed by atoms with van der Waals surface area (Å²) in [6.07, 6.45) is -0.215. The summed E-state index contributed by atoms with van der Waals surface area (Å²) >= 11 is 0. The summed E-state index contributed by atoms with van der Waals surface area (Å²) < 4.78 is 37.4. The maximum absolute atomic E-state index is 13.4. The average Bonchev–Trinajstić information content (AvgIpc) is 2.39. The fourth-order valence-electron chi connectivity index (χ4n) is 1.69. The van der Waals surface area contributed by atoms with Gasteiger partial charge < -0.3 is 11.1 Å². The maximum atomic E-state index is 13.4. The van der Waals surface area contributed by atoms with E-state index in [1.165, 1.54) is 12.1 Å². The standard InChI is InChI=1S/C14H21FN2O3S/c1-9(2)10(3)21(19,20)7-6-14(18)17-13-8-11(16)4-5-12(13)15/h4-5,8-10H,6-7,16H2,1-3H3,(H,17,18). The largest absolute Gasteiger partial charge is 0.399 e. The first-order valence-corrected chi connectivity index (χ1v) is 8.41. The van der Waals surface area contributed by atoms with E-state index in [1.807, 2.05) is 13.8 Å². The maximum Gasteiger partial charge on any atom is 0.225 e. The number of halogens is 1. The summed E-state index contributed by atoms with van der Waals surface area (Å²) in [5.74, 6) is -1.46. The Morgan fingerprint density at radius 1 is 1.33 bits per heavy atom. The zero-order valence-corrected chi connectivity index (χ0v) is 13.2. The van der Waals surface area contributed by atoms with Crippen molar-refractivity contribution in [2.45, 2.75) is 32.4 Å². The second-order valence-corrected chi connectivity index (χ2v) is 7.83. The van der Waals surface area contributed by atoms with Crippen molar-refractivity contribution in [3.63, 3.8) is 0 Å². The van der Waals surface area contributed by atoms with Gasteiger partial charge in [-0.05, 0) is 31.0 Å². The van der Waals surface area contributed by atoms with Crippen molar-refractivity contribution >= 4 is 27.1 Å². The molecule has 1 amide bonds. The van der Waals surface area contributed by atoms with Crippen LogP contribution in [0.25, 0.3) is 0 Å². The first-order valence-electron chi connectivity index (χ1n) is 6.70.